The lowest BCUT2D eigenvalue weighted by molar-refractivity contribution is 0.0985. The van der Waals surface area contributed by atoms with Crippen molar-refractivity contribution in [2.45, 2.75) is 13.0 Å². The molecular weight excluding hydrogens is 364 g/mol. The Bertz CT molecular complexity index is 976. The van der Waals surface area contributed by atoms with Crippen LogP contribution in [-0.4, -0.2) is 58.7 Å². The molecule has 1 atom stereocenters. The van der Waals surface area contributed by atoms with E-state index >= 15 is 0 Å². The first-order valence-corrected chi connectivity index (χ1v) is 10.9. The van der Waals surface area contributed by atoms with Crippen LogP contribution < -0.4 is 10.6 Å². The van der Waals surface area contributed by atoms with E-state index in [-0.39, 0.29) is 6.04 Å². The number of nitrogens with one attached hydrogen (secondary N) is 1. The van der Waals surface area contributed by atoms with Crippen molar-refractivity contribution in [3.8, 4) is 11.4 Å². The Hall–Kier alpha value is -2.52. The van der Waals surface area contributed by atoms with Gasteiger partial charge >= 0.3 is 0 Å². The van der Waals surface area contributed by atoms with Crippen LogP contribution in [0.15, 0.2) is 28.6 Å². The number of aromatic nitrogens is 2. The van der Waals surface area contributed by atoms with Crippen LogP contribution in [0.1, 0.15) is 12.5 Å². The molecule has 144 valence electrons. The van der Waals surface area contributed by atoms with Crippen molar-refractivity contribution in [2.24, 2.45) is 4.36 Å². The third kappa shape index (κ3) is 4.42. The molecule has 0 aliphatic carbocycles. The van der Waals surface area contributed by atoms with Crippen molar-refractivity contribution < 1.29 is 8.95 Å². The van der Waals surface area contributed by atoms with Crippen LogP contribution in [0.25, 0.3) is 11.4 Å². The molecule has 0 spiro atoms. The van der Waals surface area contributed by atoms with Crippen molar-refractivity contribution in [1.29, 1.82) is 5.41 Å². The fourth-order valence-electron chi connectivity index (χ4n) is 2.97. The average Bonchev–Trinajstić information content (AvgIpc) is 2.60. The average molecular weight is 388 g/mol. The Balaban J connectivity index is 2.21. The van der Waals surface area contributed by atoms with Gasteiger partial charge in [0.05, 0.1) is 19.3 Å². The second-order valence-corrected chi connectivity index (χ2v) is 9.30. The molecule has 1 aliphatic rings. The molecule has 1 fully saturated rings. The van der Waals surface area contributed by atoms with Gasteiger partial charge in [-0.3, -0.25) is 0 Å². The molecule has 0 saturated carbocycles. The topological polar surface area (TPSA) is 118 Å². The molecule has 2 aromatic rings. The summed E-state index contributed by atoms with van der Waals surface area (Å²) in [5.74, 6) is 1.44. The predicted molar refractivity (Wildman–Crippen MR) is 109 cm³/mol. The lowest BCUT2D eigenvalue weighted by Gasteiger charge is -2.34. The Morgan fingerprint density at radius 2 is 2.19 bits per heavy atom. The Labute approximate surface area is 159 Å². The summed E-state index contributed by atoms with van der Waals surface area (Å²) in [7, 11) is -2.39. The summed E-state index contributed by atoms with van der Waals surface area (Å²) in [6, 6.07) is 7.23. The van der Waals surface area contributed by atoms with E-state index in [0.29, 0.717) is 54.0 Å². The summed E-state index contributed by atoms with van der Waals surface area (Å²) in [6.07, 6.45) is 4.32. The van der Waals surface area contributed by atoms with Gasteiger partial charge < -0.3 is 20.8 Å². The number of anilines is 2. The maximum Gasteiger partial charge on any atom is 0.167 e. The molecule has 0 radical (unpaired) electrons. The summed E-state index contributed by atoms with van der Waals surface area (Å²) in [5.41, 5.74) is 7.67. The molecule has 2 heterocycles. The van der Waals surface area contributed by atoms with E-state index in [9.17, 15) is 4.21 Å². The first-order valence-electron chi connectivity index (χ1n) is 8.58. The third-order valence-electron chi connectivity index (χ3n) is 4.20. The van der Waals surface area contributed by atoms with E-state index in [2.05, 4.69) is 21.2 Å². The normalized spacial score (nSPS) is 17.6. The van der Waals surface area contributed by atoms with Crippen LogP contribution in [0.3, 0.4) is 0 Å². The molecular formula is C18H24N6O2S. The van der Waals surface area contributed by atoms with Gasteiger partial charge in [0.25, 0.3) is 0 Å². The number of nitrogens with two attached hydrogens (primary N) is 1. The van der Waals surface area contributed by atoms with Crippen LogP contribution in [0.5, 0.6) is 0 Å². The summed E-state index contributed by atoms with van der Waals surface area (Å²) < 4.78 is 22.0. The van der Waals surface area contributed by atoms with Crippen molar-refractivity contribution in [3.05, 3.63) is 29.8 Å². The first-order chi connectivity index (χ1) is 12.8. The van der Waals surface area contributed by atoms with Crippen molar-refractivity contribution in [2.75, 3.05) is 42.9 Å². The number of rotatable bonds is 4. The van der Waals surface area contributed by atoms with E-state index in [1.807, 2.05) is 6.07 Å². The summed E-state index contributed by atoms with van der Waals surface area (Å²) >= 11 is 0. The molecule has 1 aliphatic heterocycles. The molecule has 1 aromatic heterocycles. The van der Waals surface area contributed by atoms with Crippen LogP contribution in [-0.2, 0) is 14.5 Å². The number of ether oxygens (including phenoxy) is 1. The van der Waals surface area contributed by atoms with Crippen molar-refractivity contribution in [3.63, 3.8) is 0 Å². The number of morpholine rings is 1. The molecule has 3 N–H and O–H groups in total. The largest absolute Gasteiger partial charge is 0.398 e. The Kier molecular flexibility index (Phi) is 5.43. The molecule has 27 heavy (non-hydrogen) atoms. The van der Waals surface area contributed by atoms with Gasteiger partial charge in [0.1, 0.15) is 5.82 Å². The van der Waals surface area contributed by atoms with Crippen molar-refractivity contribution in [1.82, 2.24) is 9.97 Å². The second kappa shape index (κ2) is 7.61. The first kappa shape index (κ1) is 19.2. The lowest BCUT2D eigenvalue weighted by atomic mass is 10.1. The van der Waals surface area contributed by atoms with Gasteiger partial charge in [-0.2, -0.15) is 4.36 Å². The minimum atomic E-state index is -2.39. The second-order valence-electron chi connectivity index (χ2n) is 6.75. The van der Waals surface area contributed by atoms with E-state index in [4.69, 9.17) is 20.9 Å². The zero-order valence-corrected chi connectivity index (χ0v) is 16.5. The van der Waals surface area contributed by atoms with Gasteiger partial charge in [-0.05, 0) is 13.0 Å². The van der Waals surface area contributed by atoms with Crippen LogP contribution in [0, 0.1) is 5.41 Å². The number of benzene rings is 1. The number of nitrogens with zero attached hydrogens (tertiary/aromatic N) is 4. The molecule has 3 rings (SSSR count). The van der Waals surface area contributed by atoms with Gasteiger partial charge in [0.2, 0.25) is 0 Å². The van der Waals surface area contributed by atoms with E-state index in [0.717, 1.165) is 0 Å². The maximum absolute atomic E-state index is 12.2. The molecule has 0 bridgehead atoms. The van der Waals surface area contributed by atoms with Gasteiger partial charge in [-0.15, -0.1) is 0 Å². The number of hydrogen-bond donors (Lipinski definition) is 2. The lowest BCUT2D eigenvalue weighted by Crippen LogP contribution is -2.44. The molecule has 9 heteroatoms. The minimum Gasteiger partial charge on any atom is -0.398 e. The van der Waals surface area contributed by atoms with Gasteiger partial charge in [-0.25, -0.2) is 14.2 Å². The SMILES string of the molecule is C[C@@H]1COCCN1c1cc(N=S(C)(C)=O)nc(-c2cccc(N)c2C=N)n1. The van der Waals surface area contributed by atoms with Crippen LogP contribution in [0.2, 0.25) is 0 Å². The Morgan fingerprint density at radius 3 is 2.85 bits per heavy atom. The fourth-order valence-corrected chi connectivity index (χ4v) is 3.51. The van der Waals surface area contributed by atoms with E-state index < -0.39 is 9.73 Å². The predicted octanol–water partition coefficient (Wildman–Crippen LogP) is 2.31. The van der Waals surface area contributed by atoms with E-state index in [1.165, 1.54) is 6.21 Å². The number of hydrogen-bond acceptors (Lipinski definition) is 8. The highest BCUT2D eigenvalue weighted by Gasteiger charge is 2.22. The molecule has 1 saturated heterocycles. The van der Waals surface area contributed by atoms with Gasteiger partial charge in [0.15, 0.2) is 11.6 Å². The monoisotopic (exact) mass is 388 g/mol. The zero-order chi connectivity index (χ0) is 19.6. The quantitative estimate of drug-likeness (QED) is 0.613. The maximum atomic E-state index is 12.2. The summed E-state index contributed by atoms with van der Waals surface area (Å²) in [5, 5.41) is 7.70. The molecule has 0 amide bonds. The summed E-state index contributed by atoms with van der Waals surface area (Å²) in [6.45, 7) is 3.97. The zero-order valence-electron chi connectivity index (χ0n) is 15.7. The molecule has 8 nitrogen and oxygen atoms in total. The third-order valence-corrected chi connectivity index (χ3v) is 4.83. The van der Waals surface area contributed by atoms with Crippen molar-refractivity contribution >= 4 is 33.3 Å². The smallest absolute Gasteiger partial charge is 0.167 e. The fraction of sp³-hybridized carbons (Fsp3) is 0.389. The minimum absolute atomic E-state index is 0.144. The molecule has 0 unspecified atom stereocenters. The van der Waals surface area contributed by atoms with Crippen LogP contribution in [0.4, 0.5) is 17.3 Å². The van der Waals surface area contributed by atoms with E-state index in [1.54, 1.807) is 30.7 Å². The Morgan fingerprint density at radius 1 is 1.41 bits per heavy atom. The standard InChI is InChI=1S/C18H24N6O2S/c1-12-11-26-8-7-24(12)17-9-16(23-27(2,3)25)21-18(22-17)13-5-4-6-15(20)14(13)10-19/h4-6,9-10,12,19H,7-8,11,20H2,1-3H3/t12-/m1/s1. The van der Waals surface area contributed by atoms with Gasteiger partial charge in [0, 0.05) is 57.9 Å². The highest BCUT2D eigenvalue weighted by atomic mass is 32.2. The summed E-state index contributed by atoms with van der Waals surface area (Å²) in [4.78, 5) is 11.3. The molecule has 1 aromatic carbocycles. The van der Waals surface area contributed by atoms with Crippen LogP contribution >= 0.6 is 0 Å². The highest BCUT2D eigenvalue weighted by molar-refractivity contribution is 7.92. The van der Waals surface area contributed by atoms with Gasteiger partial charge in [-0.1, -0.05) is 12.1 Å². The number of nitrogen functional groups attached to an aromatic ring is 1. The highest BCUT2D eigenvalue weighted by Crippen LogP contribution is 2.29.